The molecule has 9 nitrogen and oxygen atoms in total. The van der Waals surface area contributed by atoms with E-state index in [1.54, 1.807) is 36.4 Å². The number of amides is 3. The van der Waals surface area contributed by atoms with Crippen molar-refractivity contribution < 1.29 is 37.0 Å². The van der Waals surface area contributed by atoms with E-state index >= 15 is 0 Å². The summed E-state index contributed by atoms with van der Waals surface area (Å²) < 4.78 is 51.0. The van der Waals surface area contributed by atoms with Crippen molar-refractivity contribution in [2.75, 3.05) is 23.9 Å². The lowest BCUT2D eigenvalue weighted by Crippen LogP contribution is -2.32. The average molecular weight is 721 g/mol. The van der Waals surface area contributed by atoms with Gasteiger partial charge in [0, 0.05) is 21.0 Å². The summed E-state index contributed by atoms with van der Waals surface area (Å²) in [5.41, 5.74) is 0.0707. The minimum Gasteiger partial charge on any atom is -0.493 e. The number of alkyl halides is 3. The van der Waals surface area contributed by atoms with Crippen molar-refractivity contribution in [3.63, 3.8) is 0 Å². The SMILES string of the molecule is COc1cc([C@@H]2c3sc(=O)[nH]c3S[C@H]3C(=O)N(c4ccc(Br)cc4)C(=O)[C@@H]23)ccc1OCC(=O)Nc1cccc(C(F)(F)F)c1. The van der Waals surface area contributed by atoms with Gasteiger partial charge < -0.3 is 19.8 Å². The van der Waals surface area contributed by atoms with Gasteiger partial charge in [-0.2, -0.15) is 13.2 Å². The number of thiazole rings is 1. The van der Waals surface area contributed by atoms with E-state index in [2.05, 4.69) is 26.2 Å². The highest BCUT2D eigenvalue weighted by Gasteiger charge is 2.56. The van der Waals surface area contributed by atoms with Gasteiger partial charge in [-0.15, -0.1) is 0 Å². The fourth-order valence-corrected chi connectivity index (χ4v) is 8.11. The summed E-state index contributed by atoms with van der Waals surface area (Å²) in [5.74, 6) is -2.60. The Hall–Kier alpha value is -4.08. The van der Waals surface area contributed by atoms with E-state index in [0.717, 1.165) is 39.7 Å². The highest BCUT2D eigenvalue weighted by molar-refractivity contribution is 9.10. The fourth-order valence-electron chi connectivity index (χ4n) is 5.33. The Labute approximate surface area is 269 Å². The second-order valence-corrected chi connectivity index (χ2v) is 13.1. The number of carbonyl (C=O) groups is 3. The number of halogens is 4. The lowest BCUT2D eigenvalue weighted by Gasteiger charge is -2.30. The number of H-pyrrole nitrogens is 1. The maximum absolute atomic E-state index is 13.9. The normalized spacial score (nSPS) is 19.2. The van der Waals surface area contributed by atoms with E-state index in [9.17, 15) is 32.3 Å². The van der Waals surface area contributed by atoms with Crippen LogP contribution in [-0.2, 0) is 20.6 Å². The number of ether oxygens (including phenoxy) is 2. The average Bonchev–Trinajstić information content (AvgIpc) is 3.50. The second kappa shape index (κ2) is 12.0. The third kappa shape index (κ3) is 5.99. The molecule has 0 unspecified atom stereocenters. The van der Waals surface area contributed by atoms with Crippen molar-refractivity contribution >= 4 is 68.1 Å². The van der Waals surface area contributed by atoms with Gasteiger partial charge in [-0.1, -0.05) is 51.2 Å². The number of hydrogen-bond donors (Lipinski definition) is 2. The van der Waals surface area contributed by atoms with E-state index < -0.39 is 53.2 Å². The van der Waals surface area contributed by atoms with Crippen LogP contribution < -0.4 is 24.6 Å². The molecule has 1 fully saturated rings. The quantitative estimate of drug-likeness (QED) is 0.224. The Morgan fingerprint density at radius 3 is 2.49 bits per heavy atom. The van der Waals surface area contributed by atoms with Gasteiger partial charge in [-0.3, -0.25) is 19.2 Å². The number of aromatic nitrogens is 1. The van der Waals surface area contributed by atoms with Crippen LogP contribution in [0, 0.1) is 5.92 Å². The van der Waals surface area contributed by atoms with Gasteiger partial charge >= 0.3 is 11.0 Å². The molecular formula is C30H21BrF3N3O6S2. The van der Waals surface area contributed by atoms with Crippen molar-refractivity contribution in [3.05, 3.63) is 96.9 Å². The van der Waals surface area contributed by atoms with Crippen LogP contribution in [-0.4, -0.2) is 41.7 Å². The van der Waals surface area contributed by atoms with E-state index in [1.165, 1.54) is 30.2 Å². The van der Waals surface area contributed by atoms with E-state index in [0.29, 0.717) is 21.2 Å². The molecule has 1 aromatic heterocycles. The van der Waals surface area contributed by atoms with Crippen molar-refractivity contribution in [1.82, 2.24) is 4.98 Å². The van der Waals surface area contributed by atoms with Gasteiger partial charge in [-0.05, 0) is 60.2 Å². The molecule has 3 atom stereocenters. The third-order valence-electron chi connectivity index (χ3n) is 7.29. The molecule has 45 heavy (non-hydrogen) atoms. The molecule has 6 rings (SSSR count). The number of imide groups is 1. The zero-order valence-electron chi connectivity index (χ0n) is 23.0. The number of methoxy groups -OCH3 is 1. The summed E-state index contributed by atoms with van der Waals surface area (Å²) in [7, 11) is 1.38. The van der Waals surface area contributed by atoms with Crippen molar-refractivity contribution in [2.45, 2.75) is 22.4 Å². The van der Waals surface area contributed by atoms with Crippen LogP contribution in [0.1, 0.15) is 21.9 Å². The molecule has 15 heteroatoms. The monoisotopic (exact) mass is 719 g/mol. The van der Waals surface area contributed by atoms with E-state index in [-0.39, 0.29) is 22.1 Å². The highest BCUT2D eigenvalue weighted by Crippen LogP contribution is 2.53. The summed E-state index contributed by atoms with van der Waals surface area (Å²) in [4.78, 5) is 56.6. The van der Waals surface area contributed by atoms with Gasteiger partial charge in [0.15, 0.2) is 18.1 Å². The van der Waals surface area contributed by atoms with Crippen LogP contribution in [0.25, 0.3) is 0 Å². The number of aromatic amines is 1. The molecular weight excluding hydrogens is 699 g/mol. The smallest absolute Gasteiger partial charge is 0.416 e. The first-order chi connectivity index (χ1) is 21.4. The zero-order valence-corrected chi connectivity index (χ0v) is 26.2. The zero-order chi connectivity index (χ0) is 32.0. The van der Waals surface area contributed by atoms with E-state index in [4.69, 9.17) is 9.47 Å². The number of thioether (sulfide) groups is 1. The number of nitrogens with one attached hydrogen (secondary N) is 2. The first-order valence-corrected chi connectivity index (χ1v) is 15.7. The third-order valence-corrected chi connectivity index (χ3v) is 10.2. The number of benzene rings is 3. The van der Waals surface area contributed by atoms with Crippen molar-refractivity contribution in [1.29, 1.82) is 0 Å². The fraction of sp³-hybridized carbons (Fsp3) is 0.200. The van der Waals surface area contributed by atoms with Crippen molar-refractivity contribution in [3.8, 4) is 11.5 Å². The molecule has 232 valence electrons. The maximum atomic E-state index is 13.9. The number of fused-ring (bicyclic) bond motifs is 2. The summed E-state index contributed by atoms with van der Waals surface area (Å²) >= 11 is 5.48. The minimum atomic E-state index is -4.56. The Morgan fingerprint density at radius 1 is 1.02 bits per heavy atom. The lowest BCUT2D eigenvalue weighted by atomic mass is 9.83. The van der Waals surface area contributed by atoms with Gasteiger partial charge in [0.1, 0.15) is 5.25 Å². The van der Waals surface area contributed by atoms with Crippen LogP contribution in [0.4, 0.5) is 24.5 Å². The summed E-state index contributed by atoms with van der Waals surface area (Å²) in [6, 6.07) is 15.9. The van der Waals surface area contributed by atoms with Crippen LogP contribution in [0.15, 0.2) is 81.0 Å². The predicted molar refractivity (Wildman–Crippen MR) is 165 cm³/mol. The van der Waals surface area contributed by atoms with Gasteiger partial charge in [0.05, 0.1) is 29.3 Å². The molecule has 2 aliphatic rings. The molecule has 2 aliphatic heterocycles. The van der Waals surface area contributed by atoms with Gasteiger partial charge in [-0.25, -0.2) is 4.90 Å². The van der Waals surface area contributed by atoms with Crippen LogP contribution >= 0.6 is 39.0 Å². The summed E-state index contributed by atoms with van der Waals surface area (Å²) in [6.45, 7) is -0.532. The molecule has 1 saturated heterocycles. The van der Waals surface area contributed by atoms with Crippen molar-refractivity contribution in [2.24, 2.45) is 5.92 Å². The van der Waals surface area contributed by atoms with Crippen LogP contribution in [0.5, 0.6) is 11.5 Å². The molecule has 0 radical (unpaired) electrons. The molecule has 3 aromatic carbocycles. The Kier molecular flexibility index (Phi) is 8.26. The van der Waals surface area contributed by atoms with Crippen LogP contribution in [0.3, 0.4) is 0 Å². The second-order valence-electron chi connectivity index (χ2n) is 10.1. The van der Waals surface area contributed by atoms with Gasteiger partial charge in [0.25, 0.3) is 5.91 Å². The molecule has 2 N–H and O–H groups in total. The number of nitrogens with zero attached hydrogens (tertiary/aromatic N) is 1. The molecule has 0 aliphatic carbocycles. The molecule has 4 aromatic rings. The summed E-state index contributed by atoms with van der Waals surface area (Å²) in [6.07, 6.45) is -4.56. The van der Waals surface area contributed by atoms with E-state index in [1.807, 2.05) is 0 Å². The summed E-state index contributed by atoms with van der Waals surface area (Å²) in [5, 5.41) is 2.11. The number of rotatable bonds is 7. The Morgan fingerprint density at radius 2 is 1.78 bits per heavy atom. The topological polar surface area (TPSA) is 118 Å². The standard InChI is InChI=1S/C30H21BrF3N3O6S2/c1-42-20-11-14(5-10-19(20)43-13-21(38)35-17-4-2-3-15(12-17)30(32,33)34)22-23-25(44-26-24(22)45-29(41)36-26)28(40)37(27(23)39)18-8-6-16(31)7-9-18/h2-12,22-23,25H,13H2,1H3,(H,35,38)(H,36,41)/t22-,23-,25+/m0/s1. The molecule has 0 spiro atoms. The molecule has 3 amide bonds. The Balaban J connectivity index is 1.26. The lowest BCUT2D eigenvalue weighted by molar-refractivity contribution is -0.137. The first-order valence-electron chi connectivity index (χ1n) is 13.3. The number of carbonyl (C=O) groups excluding carboxylic acids is 3. The first kappa shape index (κ1) is 30.9. The maximum Gasteiger partial charge on any atom is 0.416 e. The Bertz CT molecular complexity index is 1880. The number of hydrogen-bond acceptors (Lipinski definition) is 8. The molecule has 3 heterocycles. The molecule has 0 bridgehead atoms. The largest absolute Gasteiger partial charge is 0.493 e. The minimum absolute atomic E-state index is 0.0419. The molecule has 0 saturated carbocycles. The highest BCUT2D eigenvalue weighted by atomic mass is 79.9. The predicted octanol–water partition coefficient (Wildman–Crippen LogP) is 6.04. The van der Waals surface area contributed by atoms with Crippen LogP contribution in [0.2, 0.25) is 0 Å². The number of anilines is 2. The van der Waals surface area contributed by atoms with Gasteiger partial charge in [0.2, 0.25) is 11.8 Å².